The Hall–Kier alpha value is -2.67. The molecule has 0 radical (unpaired) electrons. The molecule has 0 spiro atoms. The van der Waals surface area contributed by atoms with E-state index in [-0.39, 0.29) is 11.1 Å². The largest absolute Gasteiger partial charge is 0.383 e. The maximum atomic E-state index is 12.4. The third-order valence-corrected chi connectivity index (χ3v) is 3.38. The first-order valence-electron chi connectivity index (χ1n) is 6.41. The van der Waals surface area contributed by atoms with Crippen LogP contribution in [0.3, 0.4) is 0 Å². The van der Waals surface area contributed by atoms with Gasteiger partial charge in [-0.05, 0) is 18.2 Å². The van der Waals surface area contributed by atoms with Crippen molar-refractivity contribution in [2.45, 2.75) is 6.54 Å². The van der Waals surface area contributed by atoms with E-state index in [1.54, 1.807) is 31.5 Å². The Morgan fingerprint density at radius 3 is 2.52 bits per heavy atom. The molecule has 0 bridgehead atoms. The van der Waals surface area contributed by atoms with Gasteiger partial charge in [0.05, 0.1) is 28.4 Å². The summed E-state index contributed by atoms with van der Waals surface area (Å²) in [7, 11) is 1.57. The monoisotopic (exact) mass is 286 g/mol. The molecule has 3 aromatic heterocycles. The van der Waals surface area contributed by atoms with Crippen LogP contribution in [0, 0.1) is 0 Å². The fourth-order valence-electron chi connectivity index (χ4n) is 2.25. The van der Waals surface area contributed by atoms with Gasteiger partial charge in [-0.25, -0.2) is 9.66 Å². The van der Waals surface area contributed by atoms with E-state index in [0.29, 0.717) is 35.0 Å². The number of hydrogen-bond acceptors (Lipinski definition) is 5. The summed E-state index contributed by atoms with van der Waals surface area (Å²) in [6.07, 6.45) is 3.12. The molecule has 0 unspecified atom stereocenters. The minimum absolute atomic E-state index is 0.203. The van der Waals surface area contributed by atoms with Gasteiger partial charge in [0, 0.05) is 26.0 Å². The van der Waals surface area contributed by atoms with Crippen molar-refractivity contribution in [3.05, 3.63) is 51.3 Å². The highest BCUT2D eigenvalue weighted by Gasteiger charge is 2.09. The first kappa shape index (κ1) is 13.3. The van der Waals surface area contributed by atoms with E-state index in [2.05, 4.69) is 4.98 Å². The predicted octanol–water partition coefficient (Wildman–Crippen LogP) is 0.0716. The summed E-state index contributed by atoms with van der Waals surface area (Å²) < 4.78 is 7.48. The molecule has 0 saturated heterocycles. The number of nitrogens with zero attached hydrogens (tertiary/aromatic N) is 3. The molecule has 3 heterocycles. The molecule has 0 aromatic carbocycles. The number of nitrogen functional groups attached to an aromatic ring is 1. The molecule has 3 rings (SSSR count). The van der Waals surface area contributed by atoms with E-state index >= 15 is 0 Å². The number of pyridine rings is 3. The second kappa shape index (κ2) is 5.02. The van der Waals surface area contributed by atoms with Crippen molar-refractivity contribution in [1.29, 1.82) is 0 Å². The molecule has 0 saturated carbocycles. The molecule has 0 fully saturated rings. The van der Waals surface area contributed by atoms with E-state index in [1.807, 2.05) is 0 Å². The molecule has 0 aliphatic rings. The smallest absolute Gasteiger partial charge is 0.278 e. The number of aromatic nitrogens is 3. The van der Waals surface area contributed by atoms with Gasteiger partial charge < -0.3 is 15.1 Å². The summed E-state index contributed by atoms with van der Waals surface area (Å²) in [6.45, 7) is 0.876. The van der Waals surface area contributed by atoms with E-state index in [9.17, 15) is 9.59 Å². The van der Waals surface area contributed by atoms with Gasteiger partial charge in [-0.3, -0.25) is 9.59 Å². The number of hydrogen-bond donors (Lipinski definition) is 1. The topological polar surface area (TPSA) is 92.1 Å². The van der Waals surface area contributed by atoms with Crippen molar-refractivity contribution < 1.29 is 4.74 Å². The lowest BCUT2D eigenvalue weighted by Crippen LogP contribution is -2.27. The standard InChI is InChI=1S/C14H14N4O3/c1-21-7-6-17-4-2-11-9(13(17)19)8-10-12(16-11)3-5-18(15)14(10)20/h2-5,8H,6-7,15H2,1H3. The van der Waals surface area contributed by atoms with Crippen LogP contribution in [-0.2, 0) is 11.3 Å². The highest BCUT2D eigenvalue weighted by atomic mass is 16.5. The Bertz CT molecular complexity index is 942. The average molecular weight is 286 g/mol. The first-order valence-corrected chi connectivity index (χ1v) is 6.41. The van der Waals surface area contributed by atoms with Gasteiger partial charge in [0.15, 0.2) is 0 Å². The molecule has 0 amide bonds. The van der Waals surface area contributed by atoms with E-state index in [1.165, 1.54) is 10.8 Å². The molecule has 2 N–H and O–H groups in total. The molecule has 21 heavy (non-hydrogen) atoms. The molecule has 3 aromatic rings. The summed E-state index contributed by atoms with van der Waals surface area (Å²) in [5.41, 5.74) is 0.484. The zero-order valence-electron chi connectivity index (χ0n) is 11.4. The highest BCUT2D eigenvalue weighted by molar-refractivity contribution is 5.91. The lowest BCUT2D eigenvalue weighted by atomic mass is 10.2. The van der Waals surface area contributed by atoms with Gasteiger partial charge in [-0.1, -0.05) is 0 Å². The Morgan fingerprint density at radius 2 is 1.81 bits per heavy atom. The third-order valence-electron chi connectivity index (χ3n) is 3.38. The van der Waals surface area contributed by atoms with Gasteiger partial charge in [0.2, 0.25) is 0 Å². The normalized spacial score (nSPS) is 11.3. The maximum Gasteiger partial charge on any atom is 0.278 e. The van der Waals surface area contributed by atoms with E-state index in [4.69, 9.17) is 10.6 Å². The van der Waals surface area contributed by atoms with Crippen LogP contribution in [0.25, 0.3) is 21.8 Å². The number of nitrogens with two attached hydrogens (primary N) is 1. The van der Waals surface area contributed by atoms with Crippen LogP contribution in [0.5, 0.6) is 0 Å². The summed E-state index contributed by atoms with van der Waals surface area (Å²) in [4.78, 5) is 28.8. The number of fused-ring (bicyclic) bond motifs is 2. The molecule has 7 nitrogen and oxygen atoms in total. The maximum absolute atomic E-state index is 12.4. The lowest BCUT2D eigenvalue weighted by molar-refractivity contribution is 0.186. The predicted molar refractivity (Wildman–Crippen MR) is 79.8 cm³/mol. The van der Waals surface area contributed by atoms with Crippen LogP contribution >= 0.6 is 0 Å². The highest BCUT2D eigenvalue weighted by Crippen LogP contribution is 2.13. The van der Waals surface area contributed by atoms with Crippen LogP contribution in [0.2, 0.25) is 0 Å². The Kier molecular flexibility index (Phi) is 3.19. The van der Waals surface area contributed by atoms with Gasteiger partial charge in [-0.2, -0.15) is 0 Å². The SMILES string of the molecule is COCCn1ccc2nc3ccn(N)c(=O)c3cc2c1=O. The first-order chi connectivity index (χ1) is 10.1. The number of rotatable bonds is 3. The second-order valence-electron chi connectivity index (χ2n) is 4.69. The minimum atomic E-state index is -0.381. The van der Waals surface area contributed by atoms with Crippen molar-refractivity contribution in [3.8, 4) is 0 Å². The fraction of sp³-hybridized carbons (Fsp3) is 0.214. The van der Waals surface area contributed by atoms with Crippen molar-refractivity contribution in [1.82, 2.24) is 14.2 Å². The minimum Gasteiger partial charge on any atom is -0.383 e. The van der Waals surface area contributed by atoms with Gasteiger partial charge in [-0.15, -0.1) is 0 Å². The zero-order valence-corrected chi connectivity index (χ0v) is 11.4. The summed E-state index contributed by atoms with van der Waals surface area (Å²) >= 11 is 0. The Balaban J connectivity index is 2.32. The van der Waals surface area contributed by atoms with Gasteiger partial charge in [0.25, 0.3) is 11.1 Å². The molecule has 108 valence electrons. The molecular weight excluding hydrogens is 272 g/mol. The second-order valence-corrected chi connectivity index (χ2v) is 4.69. The zero-order chi connectivity index (χ0) is 15.0. The molecule has 0 atom stereocenters. The summed E-state index contributed by atoms with van der Waals surface area (Å²) in [5, 5.41) is 0.721. The molecule has 7 heteroatoms. The van der Waals surface area contributed by atoms with Crippen LogP contribution in [-0.4, -0.2) is 27.9 Å². The van der Waals surface area contributed by atoms with Gasteiger partial charge in [0.1, 0.15) is 0 Å². The third kappa shape index (κ3) is 2.17. The van der Waals surface area contributed by atoms with Crippen LogP contribution in [0.15, 0.2) is 40.2 Å². The quantitative estimate of drug-likeness (QED) is 0.543. The van der Waals surface area contributed by atoms with Crippen molar-refractivity contribution in [3.63, 3.8) is 0 Å². The Labute approximate surface area is 119 Å². The Morgan fingerprint density at radius 1 is 1.14 bits per heavy atom. The van der Waals surface area contributed by atoms with Gasteiger partial charge >= 0.3 is 0 Å². The molecule has 0 aliphatic carbocycles. The van der Waals surface area contributed by atoms with Crippen LogP contribution in [0.1, 0.15) is 0 Å². The van der Waals surface area contributed by atoms with E-state index in [0.717, 1.165) is 4.68 Å². The van der Waals surface area contributed by atoms with Crippen molar-refractivity contribution in [2.75, 3.05) is 19.6 Å². The number of methoxy groups -OCH3 is 1. The summed E-state index contributed by atoms with van der Waals surface area (Å²) in [5.74, 6) is 5.54. The fourth-order valence-corrected chi connectivity index (χ4v) is 2.25. The number of ether oxygens (including phenoxy) is 1. The molecule has 0 aliphatic heterocycles. The van der Waals surface area contributed by atoms with Crippen LogP contribution < -0.4 is 17.0 Å². The molecular formula is C14H14N4O3. The van der Waals surface area contributed by atoms with Crippen molar-refractivity contribution >= 4 is 21.8 Å². The van der Waals surface area contributed by atoms with E-state index < -0.39 is 0 Å². The average Bonchev–Trinajstić information content (AvgIpc) is 2.49. The van der Waals surface area contributed by atoms with Crippen molar-refractivity contribution in [2.24, 2.45) is 0 Å². The lowest BCUT2D eigenvalue weighted by Gasteiger charge is -2.07. The van der Waals surface area contributed by atoms with Crippen LogP contribution in [0.4, 0.5) is 0 Å². The summed E-state index contributed by atoms with van der Waals surface area (Å²) in [6, 6.07) is 4.95.